The molecule has 1 aromatic heterocycles. The number of nitrogens with one attached hydrogen (secondary N) is 1. The molecule has 2 aliphatic rings. The summed E-state index contributed by atoms with van der Waals surface area (Å²) in [4.78, 5) is 12.8. The molecule has 0 radical (unpaired) electrons. The lowest BCUT2D eigenvalue weighted by atomic mass is 9.80. The van der Waals surface area contributed by atoms with Crippen LogP contribution >= 0.6 is 0 Å². The van der Waals surface area contributed by atoms with Gasteiger partial charge in [0.1, 0.15) is 11.5 Å². The van der Waals surface area contributed by atoms with E-state index in [0.717, 1.165) is 25.9 Å². The van der Waals surface area contributed by atoms with Crippen LogP contribution in [0.3, 0.4) is 0 Å². The first-order chi connectivity index (χ1) is 14.8. The maximum absolute atomic E-state index is 13.4. The summed E-state index contributed by atoms with van der Waals surface area (Å²) in [5.41, 5.74) is 13.8. The van der Waals surface area contributed by atoms with Crippen molar-refractivity contribution in [1.29, 1.82) is 5.41 Å². The van der Waals surface area contributed by atoms with Gasteiger partial charge in [-0.15, -0.1) is 0 Å². The topological polar surface area (TPSA) is 108 Å². The number of hydrogen-bond acceptors (Lipinski definition) is 6. The van der Waals surface area contributed by atoms with Crippen molar-refractivity contribution < 1.29 is 8.78 Å². The monoisotopic (exact) mass is 429 g/mol. The minimum atomic E-state index is -2.54. The number of halogens is 2. The molecular formula is C22H29F2N7. The summed E-state index contributed by atoms with van der Waals surface area (Å²) < 4.78 is 26.9. The highest BCUT2D eigenvalue weighted by Crippen LogP contribution is 2.36. The van der Waals surface area contributed by atoms with Crippen molar-refractivity contribution in [2.75, 3.05) is 41.7 Å². The summed E-state index contributed by atoms with van der Waals surface area (Å²) in [5, 5.41) is 8.69. The van der Waals surface area contributed by atoms with Crippen molar-refractivity contribution in [3.63, 3.8) is 0 Å². The van der Waals surface area contributed by atoms with Crippen LogP contribution in [0.15, 0.2) is 24.4 Å². The van der Waals surface area contributed by atoms with E-state index >= 15 is 0 Å². The molecule has 9 heteroatoms. The van der Waals surface area contributed by atoms with Crippen LogP contribution in [0.25, 0.3) is 0 Å². The lowest BCUT2D eigenvalue weighted by molar-refractivity contribution is 0.150. The van der Waals surface area contributed by atoms with Gasteiger partial charge in [0.2, 0.25) is 0 Å². The summed E-state index contributed by atoms with van der Waals surface area (Å²) >= 11 is 0. The van der Waals surface area contributed by atoms with Gasteiger partial charge in [-0.2, -0.15) is 0 Å². The molecule has 2 aliphatic heterocycles. The molecule has 5 N–H and O–H groups in total. The van der Waals surface area contributed by atoms with Crippen LogP contribution in [0, 0.1) is 10.8 Å². The van der Waals surface area contributed by atoms with Gasteiger partial charge in [-0.25, -0.2) is 18.7 Å². The maximum Gasteiger partial charge on any atom is 0.264 e. The Labute approximate surface area is 181 Å². The maximum atomic E-state index is 13.4. The Hall–Kier alpha value is -2.81. The first-order valence-electron chi connectivity index (χ1n) is 10.7. The summed E-state index contributed by atoms with van der Waals surface area (Å²) in [5.74, 6) is 0.942. The standard InChI is InChI=1S/C22H29F2N7/c1-22(13-25)7-10-30(11-8-22)17-12-28-18(20(26)29-17)21(27)31-9-3-5-14-15(19(23)24)4-2-6-16(14)31/h2,4,6,12,19,27H,3,5,7-11,13,25H2,1H3,(H2,26,29). The highest BCUT2D eigenvalue weighted by molar-refractivity contribution is 6.09. The predicted molar refractivity (Wildman–Crippen MR) is 119 cm³/mol. The van der Waals surface area contributed by atoms with Crippen LogP contribution in [0.5, 0.6) is 0 Å². The van der Waals surface area contributed by atoms with Crippen LogP contribution in [0.2, 0.25) is 0 Å². The van der Waals surface area contributed by atoms with Gasteiger partial charge >= 0.3 is 0 Å². The average Bonchev–Trinajstić information content (AvgIpc) is 2.78. The summed E-state index contributed by atoms with van der Waals surface area (Å²) in [6, 6.07) is 4.83. The molecule has 2 aromatic rings. The van der Waals surface area contributed by atoms with Crippen molar-refractivity contribution in [2.45, 2.75) is 39.0 Å². The van der Waals surface area contributed by atoms with Crippen LogP contribution < -0.4 is 21.3 Å². The molecule has 0 spiro atoms. The van der Waals surface area contributed by atoms with E-state index in [1.54, 1.807) is 23.2 Å². The Morgan fingerprint density at radius 3 is 2.65 bits per heavy atom. The largest absolute Gasteiger partial charge is 0.382 e. The Kier molecular flexibility index (Phi) is 5.79. The highest BCUT2D eigenvalue weighted by Gasteiger charge is 2.30. The number of alkyl halides is 2. The van der Waals surface area contributed by atoms with Crippen LogP contribution in [0.1, 0.15) is 49.4 Å². The van der Waals surface area contributed by atoms with Crippen molar-refractivity contribution >= 4 is 23.2 Å². The van der Waals surface area contributed by atoms with Gasteiger partial charge in [-0.3, -0.25) is 5.41 Å². The first kappa shape index (κ1) is 21.4. The number of nitrogen functional groups attached to an aromatic ring is 1. The Bertz CT molecular complexity index is 970. The molecule has 31 heavy (non-hydrogen) atoms. The number of anilines is 3. The minimum Gasteiger partial charge on any atom is -0.382 e. The fourth-order valence-corrected chi connectivity index (χ4v) is 4.42. The highest BCUT2D eigenvalue weighted by atomic mass is 19.3. The third kappa shape index (κ3) is 4.06. The molecule has 0 bridgehead atoms. The van der Waals surface area contributed by atoms with E-state index in [-0.39, 0.29) is 28.3 Å². The number of rotatable bonds is 4. The molecule has 0 saturated carbocycles. The molecular weight excluding hydrogens is 400 g/mol. The number of fused-ring (bicyclic) bond motifs is 1. The summed E-state index contributed by atoms with van der Waals surface area (Å²) in [7, 11) is 0. The second kappa shape index (κ2) is 8.37. The van der Waals surface area contributed by atoms with Crippen molar-refractivity contribution in [1.82, 2.24) is 9.97 Å². The van der Waals surface area contributed by atoms with E-state index in [0.29, 0.717) is 43.0 Å². The summed E-state index contributed by atoms with van der Waals surface area (Å²) in [6.45, 7) is 5.06. The normalized spacial score (nSPS) is 18.2. The van der Waals surface area contributed by atoms with Crippen LogP contribution in [-0.4, -0.2) is 42.0 Å². The van der Waals surface area contributed by atoms with Gasteiger partial charge in [0, 0.05) is 30.9 Å². The number of hydrogen-bond donors (Lipinski definition) is 3. The van der Waals surface area contributed by atoms with Crippen LogP contribution in [-0.2, 0) is 6.42 Å². The molecule has 166 valence electrons. The summed E-state index contributed by atoms with van der Waals surface area (Å²) in [6.07, 6.45) is 2.29. The lowest BCUT2D eigenvalue weighted by Gasteiger charge is -2.39. The molecule has 0 amide bonds. The van der Waals surface area contributed by atoms with E-state index in [1.807, 2.05) is 0 Å². The van der Waals surface area contributed by atoms with E-state index in [4.69, 9.17) is 16.9 Å². The van der Waals surface area contributed by atoms with Crippen molar-refractivity contribution in [3.8, 4) is 0 Å². The number of amidine groups is 1. The third-order valence-electron chi connectivity index (χ3n) is 6.59. The first-order valence-corrected chi connectivity index (χ1v) is 10.7. The zero-order valence-electron chi connectivity index (χ0n) is 17.7. The molecule has 0 atom stereocenters. The third-order valence-corrected chi connectivity index (χ3v) is 6.59. The molecule has 0 unspecified atom stereocenters. The van der Waals surface area contributed by atoms with Crippen LogP contribution in [0.4, 0.5) is 26.1 Å². The van der Waals surface area contributed by atoms with E-state index in [9.17, 15) is 8.78 Å². The Morgan fingerprint density at radius 2 is 2.00 bits per heavy atom. The fraction of sp³-hybridized carbons (Fsp3) is 0.500. The zero-order chi connectivity index (χ0) is 22.2. The molecule has 1 fully saturated rings. The molecule has 1 saturated heterocycles. The lowest BCUT2D eigenvalue weighted by Crippen LogP contribution is -2.42. The number of piperidine rings is 1. The van der Waals surface area contributed by atoms with E-state index < -0.39 is 6.43 Å². The molecule has 4 rings (SSSR count). The van der Waals surface area contributed by atoms with Gasteiger partial charge in [0.05, 0.1) is 6.20 Å². The van der Waals surface area contributed by atoms with E-state index in [2.05, 4.69) is 21.8 Å². The van der Waals surface area contributed by atoms with Gasteiger partial charge in [-0.05, 0) is 49.3 Å². The fourth-order valence-electron chi connectivity index (χ4n) is 4.42. The quantitative estimate of drug-likeness (QED) is 0.508. The molecule has 7 nitrogen and oxygen atoms in total. The van der Waals surface area contributed by atoms with Gasteiger partial charge in [0.15, 0.2) is 11.7 Å². The molecule has 0 aliphatic carbocycles. The Morgan fingerprint density at radius 1 is 1.26 bits per heavy atom. The van der Waals surface area contributed by atoms with Gasteiger partial charge in [-0.1, -0.05) is 19.1 Å². The number of nitrogens with zero attached hydrogens (tertiary/aromatic N) is 4. The number of nitrogens with two attached hydrogens (primary N) is 2. The van der Waals surface area contributed by atoms with Gasteiger partial charge in [0.25, 0.3) is 6.43 Å². The average molecular weight is 430 g/mol. The number of benzene rings is 1. The van der Waals surface area contributed by atoms with Crippen molar-refractivity contribution in [2.24, 2.45) is 11.1 Å². The number of aromatic nitrogens is 2. The second-order valence-corrected chi connectivity index (χ2v) is 8.71. The van der Waals surface area contributed by atoms with Gasteiger partial charge < -0.3 is 21.3 Å². The minimum absolute atomic E-state index is 0.0268. The zero-order valence-corrected chi connectivity index (χ0v) is 17.7. The second-order valence-electron chi connectivity index (χ2n) is 8.71. The molecule has 1 aromatic carbocycles. The van der Waals surface area contributed by atoms with Crippen molar-refractivity contribution in [3.05, 3.63) is 41.2 Å². The SMILES string of the molecule is CC1(CN)CCN(c2cnc(C(=N)N3CCCc4c(C(F)F)cccc43)c(N)n2)CC1. The smallest absolute Gasteiger partial charge is 0.264 e. The Balaban J connectivity index is 1.57. The van der Waals surface area contributed by atoms with E-state index in [1.165, 1.54) is 6.07 Å². The predicted octanol–water partition coefficient (Wildman–Crippen LogP) is 3.34. The molecule has 3 heterocycles.